The van der Waals surface area contributed by atoms with Crippen molar-refractivity contribution in [1.82, 2.24) is 0 Å². The zero-order valence-corrected chi connectivity index (χ0v) is 16.9. The Morgan fingerprint density at radius 2 is 1.94 bits per heavy atom. The first-order chi connectivity index (χ1) is 14.9. The van der Waals surface area contributed by atoms with Crippen molar-refractivity contribution in [2.24, 2.45) is 5.10 Å². The van der Waals surface area contributed by atoms with Gasteiger partial charge in [-0.25, -0.2) is 4.79 Å². The number of methoxy groups -OCH3 is 1. The molecule has 0 bridgehead atoms. The molecule has 31 heavy (non-hydrogen) atoms. The summed E-state index contributed by atoms with van der Waals surface area (Å²) in [6.45, 7) is -1.20. The third kappa shape index (κ3) is 5.27. The molecule has 1 aliphatic rings. The number of rotatable bonds is 8. The maximum absolute atomic E-state index is 13.0. The van der Waals surface area contributed by atoms with Gasteiger partial charge in [0.1, 0.15) is 11.8 Å². The number of hydrazone groups is 1. The van der Waals surface area contributed by atoms with Crippen molar-refractivity contribution in [1.29, 1.82) is 0 Å². The van der Waals surface area contributed by atoms with Gasteiger partial charge < -0.3 is 19.5 Å². The molecule has 1 atom stereocenters. The van der Waals surface area contributed by atoms with Crippen LogP contribution in [0.15, 0.2) is 53.6 Å². The van der Waals surface area contributed by atoms with E-state index in [2.05, 4.69) is 15.2 Å². The van der Waals surface area contributed by atoms with Gasteiger partial charge in [-0.15, -0.1) is 0 Å². The summed E-state index contributed by atoms with van der Waals surface area (Å²) >= 11 is 0. The number of esters is 1. The van der Waals surface area contributed by atoms with E-state index in [4.69, 9.17) is 9.47 Å². The topological polar surface area (TPSA) is 89.5 Å². The molecule has 0 radical (unpaired) electrons. The number of carbonyl (C=O) groups excluding carboxylic acids is 2. The van der Waals surface area contributed by atoms with E-state index in [0.717, 1.165) is 0 Å². The molecule has 10 heteroatoms. The summed E-state index contributed by atoms with van der Waals surface area (Å²) in [5, 5.41) is 8.36. The average molecular weight is 433 g/mol. The van der Waals surface area contributed by atoms with Crippen LogP contribution in [0.25, 0.3) is 0 Å². The molecule has 8 nitrogen and oxygen atoms in total. The first kappa shape index (κ1) is 22.0. The summed E-state index contributed by atoms with van der Waals surface area (Å²) in [5.74, 6) is -1.21. The maximum atomic E-state index is 13.0. The van der Waals surface area contributed by atoms with Crippen LogP contribution in [0, 0.1) is 0 Å². The van der Waals surface area contributed by atoms with E-state index in [-0.39, 0.29) is 35.9 Å². The minimum Gasteiger partial charge on any atom is -0.493 e. The molecule has 0 saturated carbocycles. The van der Waals surface area contributed by atoms with Crippen LogP contribution in [0.2, 0.25) is 0 Å². The van der Waals surface area contributed by atoms with E-state index in [9.17, 15) is 18.4 Å². The highest BCUT2D eigenvalue weighted by atomic mass is 19.3. The Kier molecular flexibility index (Phi) is 7.01. The van der Waals surface area contributed by atoms with Crippen LogP contribution >= 0.6 is 0 Å². The summed E-state index contributed by atoms with van der Waals surface area (Å²) in [6, 6.07) is 12.1. The number of halogens is 2. The minimum absolute atomic E-state index is 0.0239. The third-order valence-electron chi connectivity index (χ3n) is 4.39. The summed E-state index contributed by atoms with van der Waals surface area (Å²) in [7, 11) is 1.32. The predicted molar refractivity (Wildman–Crippen MR) is 110 cm³/mol. The molecule has 0 aromatic heterocycles. The first-order valence-electron chi connectivity index (χ1n) is 9.45. The Labute approximate surface area is 177 Å². The van der Waals surface area contributed by atoms with Crippen molar-refractivity contribution in [3.05, 3.63) is 48.5 Å². The SMILES string of the molecule is CCOC(=O)C1=NN(c2ccccc2)C(C(=O)Nc2ccc(OC)c(OC(F)F)c2)C1. The zero-order valence-electron chi connectivity index (χ0n) is 16.9. The summed E-state index contributed by atoms with van der Waals surface area (Å²) in [6.07, 6.45) is 0.0239. The Morgan fingerprint density at radius 1 is 1.19 bits per heavy atom. The van der Waals surface area contributed by atoms with Crippen molar-refractivity contribution in [3.63, 3.8) is 0 Å². The fourth-order valence-corrected chi connectivity index (χ4v) is 3.04. The Bertz CT molecular complexity index is 969. The molecule has 164 valence electrons. The van der Waals surface area contributed by atoms with Crippen LogP contribution in [0.5, 0.6) is 11.5 Å². The van der Waals surface area contributed by atoms with Gasteiger partial charge >= 0.3 is 12.6 Å². The number of amides is 1. The normalized spacial score (nSPS) is 15.5. The lowest BCUT2D eigenvalue weighted by Gasteiger charge is -2.23. The van der Waals surface area contributed by atoms with Gasteiger partial charge in [-0.3, -0.25) is 9.80 Å². The quantitative estimate of drug-likeness (QED) is 0.642. The predicted octanol–water partition coefficient (Wildman–Crippen LogP) is 3.43. The molecular weight excluding hydrogens is 412 g/mol. The lowest BCUT2D eigenvalue weighted by Crippen LogP contribution is -2.38. The zero-order chi connectivity index (χ0) is 22.4. The van der Waals surface area contributed by atoms with E-state index in [1.807, 2.05) is 6.07 Å². The van der Waals surface area contributed by atoms with E-state index in [0.29, 0.717) is 5.69 Å². The Hall–Kier alpha value is -3.69. The molecule has 3 rings (SSSR count). The van der Waals surface area contributed by atoms with Gasteiger partial charge in [0.15, 0.2) is 11.5 Å². The van der Waals surface area contributed by atoms with E-state index >= 15 is 0 Å². The van der Waals surface area contributed by atoms with Crippen molar-refractivity contribution in [2.75, 3.05) is 24.0 Å². The summed E-state index contributed by atoms with van der Waals surface area (Å²) < 4.78 is 39.8. The molecule has 0 spiro atoms. The van der Waals surface area contributed by atoms with Gasteiger partial charge in [0.25, 0.3) is 0 Å². The Morgan fingerprint density at radius 3 is 2.58 bits per heavy atom. The molecule has 2 aromatic carbocycles. The van der Waals surface area contributed by atoms with Crippen molar-refractivity contribution in [3.8, 4) is 11.5 Å². The molecule has 1 aliphatic heterocycles. The monoisotopic (exact) mass is 433 g/mol. The second-order valence-corrected chi connectivity index (χ2v) is 6.40. The standard InChI is InChI=1S/C21H21F2N3O5/c1-3-30-20(28)15-12-16(26(25-15)14-7-5-4-6-8-14)19(27)24-13-9-10-17(29-2)18(11-13)31-21(22)23/h4-11,16,21H,3,12H2,1-2H3,(H,24,27). The largest absolute Gasteiger partial charge is 0.493 e. The van der Waals surface area contributed by atoms with Crippen LogP contribution in [-0.2, 0) is 14.3 Å². The highest BCUT2D eigenvalue weighted by Gasteiger charge is 2.37. The minimum atomic E-state index is -3.05. The number of alkyl halides is 2. The summed E-state index contributed by atoms with van der Waals surface area (Å²) in [4.78, 5) is 25.2. The first-order valence-corrected chi connectivity index (χ1v) is 9.45. The van der Waals surface area contributed by atoms with Crippen molar-refractivity contribution in [2.45, 2.75) is 26.0 Å². The number of para-hydroxylation sites is 1. The van der Waals surface area contributed by atoms with E-state index in [1.54, 1.807) is 31.2 Å². The second-order valence-electron chi connectivity index (χ2n) is 6.40. The average Bonchev–Trinajstić information content (AvgIpc) is 3.20. The lowest BCUT2D eigenvalue weighted by atomic mass is 10.1. The smallest absolute Gasteiger partial charge is 0.387 e. The number of carbonyl (C=O) groups is 2. The van der Waals surface area contributed by atoms with Gasteiger partial charge in [-0.05, 0) is 31.2 Å². The van der Waals surface area contributed by atoms with Gasteiger partial charge in [-0.1, -0.05) is 18.2 Å². The third-order valence-corrected chi connectivity index (χ3v) is 4.39. The molecule has 0 aliphatic carbocycles. The van der Waals surface area contributed by atoms with Crippen molar-refractivity contribution < 1.29 is 32.6 Å². The fraction of sp³-hybridized carbons (Fsp3) is 0.286. The number of hydrogen-bond acceptors (Lipinski definition) is 7. The molecule has 0 saturated heterocycles. The van der Waals surface area contributed by atoms with Crippen LogP contribution in [-0.4, -0.2) is 44.0 Å². The molecule has 1 heterocycles. The number of nitrogens with zero attached hydrogens (tertiary/aromatic N) is 2. The lowest BCUT2D eigenvalue weighted by molar-refractivity contribution is -0.135. The van der Waals surface area contributed by atoms with Gasteiger partial charge in [0, 0.05) is 18.2 Å². The number of anilines is 2. The van der Waals surface area contributed by atoms with Crippen LogP contribution in [0.3, 0.4) is 0 Å². The highest BCUT2D eigenvalue weighted by Crippen LogP contribution is 2.32. The number of hydrogen-bond donors (Lipinski definition) is 1. The number of ether oxygens (including phenoxy) is 3. The van der Waals surface area contributed by atoms with Crippen LogP contribution < -0.4 is 19.8 Å². The van der Waals surface area contributed by atoms with Gasteiger partial charge in [-0.2, -0.15) is 13.9 Å². The second kappa shape index (κ2) is 9.88. The molecule has 1 N–H and O–H groups in total. The Balaban J connectivity index is 1.83. The van der Waals surface area contributed by atoms with Gasteiger partial charge in [0.2, 0.25) is 5.91 Å². The molecule has 2 aromatic rings. The number of nitrogens with one attached hydrogen (secondary N) is 1. The molecule has 1 amide bonds. The summed E-state index contributed by atoms with van der Waals surface area (Å²) in [5.41, 5.74) is 0.944. The highest BCUT2D eigenvalue weighted by molar-refractivity contribution is 6.38. The van der Waals surface area contributed by atoms with Crippen LogP contribution in [0.4, 0.5) is 20.2 Å². The number of benzene rings is 2. The molecular formula is C21H21F2N3O5. The van der Waals surface area contributed by atoms with Gasteiger partial charge in [0.05, 0.1) is 19.4 Å². The van der Waals surface area contributed by atoms with Crippen molar-refractivity contribution >= 4 is 29.0 Å². The van der Waals surface area contributed by atoms with E-state index < -0.39 is 24.5 Å². The van der Waals surface area contributed by atoms with E-state index in [1.165, 1.54) is 30.3 Å². The maximum Gasteiger partial charge on any atom is 0.387 e. The molecule has 0 fully saturated rings. The fourth-order valence-electron chi connectivity index (χ4n) is 3.04. The van der Waals surface area contributed by atoms with Crippen LogP contribution in [0.1, 0.15) is 13.3 Å². The molecule has 1 unspecified atom stereocenters.